The van der Waals surface area contributed by atoms with E-state index >= 15 is 0 Å². The van der Waals surface area contributed by atoms with Crippen LogP contribution in [-0.2, 0) is 17.2 Å². The van der Waals surface area contributed by atoms with Gasteiger partial charge >= 0.3 is 0 Å². The minimum Gasteiger partial charge on any atom is -0.494 e. The van der Waals surface area contributed by atoms with Gasteiger partial charge in [0.1, 0.15) is 5.75 Å². The van der Waals surface area contributed by atoms with Crippen LogP contribution in [0.1, 0.15) is 35.7 Å². The molecule has 3 aromatic rings. The van der Waals surface area contributed by atoms with Gasteiger partial charge in [-0.2, -0.15) is 0 Å². The second-order valence-electron chi connectivity index (χ2n) is 8.01. The molecular formula is C25H28N2O4. The molecule has 6 nitrogen and oxygen atoms in total. The van der Waals surface area contributed by atoms with Gasteiger partial charge in [0, 0.05) is 43.7 Å². The van der Waals surface area contributed by atoms with E-state index in [-0.39, 0.29) is 16.9 Å². The highest BCUT2D eigenvalue weighted by Crippen LogP contribution is 2.35. The molecule has 2 aromatic carbocycles. The van der Waals surface area contributed by atoms with Gasteiger partial charge in [-0.1, -0.05) is 30.3 Å². The fourth-order valence-corrected chi connectivity index (χ4v) is 4.34. The van der Waals surface area contributed by atoms with Gasteiger partial charge in [0.05, 0.1) is 17.7 Å². The molecule has 1 N–H and O–H groups in total. The summed E-state index contributed by atoms with van der Waals surface area (Å²) in [5.41, 5.74) is 1.90. The maximum Gasteiger partial charge on any atom is 0.252 e. The zero-order valence-electron chi connectivity index (χ0n) is 18.0. The van der Waals surface area contributed by atoms with E-state index in [2.05, 4.69) is 17.4 Å². The largest absolute Gasteiger partial charge is 0.494 e. The Morgan fingerprint density at radius 3 is 2.55 bits per heavy atom. The van der Waals surface area contributed by atoms with Gasteiger partial charge in [0.15, 0.2) is 0 Å². The normalized spacial score (nSPS) is 15.5. The number of aryl methyl sites for hydroxylation is 1. The van der Waals surface area contributed by atoms with Crippen LogP contribution in [0.5, 0.6) is 5.75 Å². The molecule has 0 spiro atoms. The molecule has 2 heterocycles. The number of rotatable bonds is 6. The number of benzene rings is 2. The van der Waals surface area contributed by atoms with E-state index in [0.717, 1.165) is 35.1 Å². The molecule has 1 aromatic heterocycles. The lowest BCUT2D eigenvalue weighted by Crippen LogP contribution is -2.44. The van der Waals surface area contributed by atoms with Crippen molar-refractivity contribution in [1.82, 2.24) is 9.88 Å². The summed E-state index contributed by atoms with van der Waals surface area (Å²) >= 11 is 0. The van der Waals surface area contributed by atoms with E-state index in [0.29, 0.717) is 31.9 Å². The molecule has 0 atom stereocenters. The average Bonchev–Trinajstić information content (AvgIpc) is 2.81. The van der Waals surface area contributed by atoms with E-state index in [1.807, 2.05) is 43.3 Å². The van der Waals surface area contributed by atoms with Crippen LogP contribution < -0.4 is 15.6 Å². The van der Waals surface area contributed by atoms with Crippen LogP contribution in [0.2, 0.25) is 0 Å². The van der Waals surface area contributed by atoms with Crippen LogP contribution in [0.4, 0.5) is 0 Å². The number of aromatic nitrogens is 1. The molecule has 0 saturated carbocycles. The number of hydrogen-bond acceptors (Lipinski definition) is 4. The van der Waals surface area contributed by atoms with E-state index in [1.165, 1.54) is 6.07 Å². The second kappa shape index (κ2) is 8.94. The molecule has 1 amide bonds. The minimum absolute atomic E-state index is 0.198. The summed E-state index contributed by atoms with van der Waals surface area (Å²) < 4.78 is 12.7. The first kappa shape index (κ1) is 21.1. The van der Waals surface area contributed by atoms with Crippen LogP contribution in [-0.4, -0.2) is 36.8 Å². The molecule has 0 unspecified atom stereocenters. The van der Waals surface area contributed by atoms with Gasteiger partial charge in [0.25, 0.3) is 11.5 Å². The molecule has 6 heteroatoms. The molecule has 1 aliphatic heterocycles. The van der Waals surface area contributed by atoms with Crippen molar-refractivity contribution in [3.63, 3.8) is 0 Å². The summed E-state index contributed by atoms with van der Waals surface area (Å²) in [6, 6.07) is 17.0. The first-order valence-corrected chi connectivity index (χ1v) is 10.7. The number of ether oxygens (including phenoxy) is 2. The summed E-state index contributed by atoms with van der Waals surface area (Å²) in [6.07, 6.45) is 1.64. The first-order valence-electron chi connectivity index (χ1n) is 10.7. The number of carbonyl (C=O) groups is 1. The predicted octanol–water partition coefficient (Wildman–Crippen LogP) is 3.42. The van der Waals surface area contributed by atoms with Crippen molar-refractivity contribution >= 4 is 16.8 Å². The molecule has 162 valence electrons. The topological polar surface area (TPSA) is 69.6 Å². The summed E-state index contributed by atoms with van der Waals surface area (Å²) in [6.45, 7) is 4.37. The number of amides is 1. The Hall–Kier alpha value is -3.12. The third-order valence-corrected chi connectivity index (χ3v) is 6.21. The Balaban J connectivity index is 1.61. The number of nitrogens with one attached hydrogen (secondary N) is 1. The lowest BCUT2D eigenvalue weighted by molar-refractivity contribution is 0.0487. The van der Waals surface area contributed by atoms with E-state index < -0.39 is 0 Å². The average molecular weight is 421 g/mol. The number of para-hydroxylation sites is 1. The number of nitrogens with zero attached hydrogens (tertiary/aromatic N) is 1. The quantitative estimate of drug-likeness (QED) is 0.664. The zero-order valence-corrected chi connectivity index (χ0v) is 18.0. The van der Waals surface area contributed by atoms with Gasteiger partial charge in [-0.25, -0.2) is 0 Å². The lowest BCUT2D eigenvalue weighted by atomic mass is 9.74. The van der Waals surface area contributed by atoms with Crippen LogP contribution in [0, 0.1) is 0 Å². The first-order chi connectivity index (χ1) is 15.0. The van der Waals surface area contributed by atoms with Crippen molar-refractivity contribution in [3.05, 3.63) is 76.1 Å². The molecule has 0 bridgehead atoms. The third kappa shape index (κ3) is 4.21. The third-order valence-electron chi connectivity index (χ3n) is 6.21. The summed E-state index contributed by atoms with van der Waals surface area (Å²) in [5.74, 6) is 0.606. The van der Waals surface area contributed by atoms with E-state index in [9.17, 15) is 9.59 Å². The van der Waals surface area contributed by atoms with Crippen molar-refractivity contribution in [1.29, 1.82) is 0 Å². The smallest absolute Gasteiger partial charge is 0.252 e. The Labute approximate surface area is 181 Å². The molecule has 31 heavy (non-hydrogen) atoms. The van der Waals surface area contributed by atoms with Crippen LogP contribution in [0.15, 0.2) is 59.4 Å². The van der Waals surface area contributed by atoms with Crippen molar-refractivity contribution in [2.45, 2.75) is 25.2 Å². The van der Waals surface area contributed by atoms with Crippen molar-refractivity contribution in [2.24, 2.45) is 7.05 Å². The summed E-state index contributed by atoms with van der Waals surface area (Å²) in [5, 5.41) is 3.88. The number of carbonyl (C=O) groups excluding carboxylic acids is 1. The van der Waals surface area contributed by atoms with Crippen LogP contribution in [0.3, 0.4) is 0 Å². The fourth-order valence-electron chi connectivity index (χ4n) is 4.34. The SMILES string of the molecule is CCOc1ccc(C2(CNC(=O)c3cc(=O)n(C)c4ccccc34)CCOCC2)cc1. The molecule has 1 fully saturated rings. The Morgan fingerprint density at radius 2 is 1.84 bits per heavy atom. The van der Waals surface area contributed by atoms with Gasteiger partial charge in [-0.15, -0.1) is 0 Å². The van der Waals surface area contributed by atoms with Crippen molar-refractivity contribution < 1.29 is 14.3 Å². The molecule has 1 saturated heterocycles. The Morgan fingerprint density at radius 1 is 1.13 bits per heavy atom. The monoisotopic (exact) mass is 420 g/mol. The summed E-state index contributed by atoms with van der Waals surface area (Å²) in [4.78, 5) is 25.6. The summed E-state index contributed by atoms with van der Waals surface area (Å²) in [7, 11) is 1.72. The van der Waals surface area contributed by atoms with Crippen molar-refractivity contribution in [3.8, 4) is 5.75 Å². The van der Waals surface area contributed by atoms with Gasteiger partial charge in [-0.3, -0.25) is 9.59 Å². The highest BCUT2D eigenvalue weighted by molar-refractivity contribution is 6.06. The molecule has 1 aliphatic rings. The van der Waals surface area contributed by atoms with Crippen LogP contribution in [0.25, 0.3) is 10.9 Å². The van der Waals surface area contributed by atoms with E-state index in [4.69, 9.17) is 9.47 Å². The highest BCUT2D eigenvalue weighted by atomic mass is 16.5. The van der Waals surface area contributed by atoms with E-state index in [1.54, 1.807) is 11.6 Å². The Kier molecular flexibility index (Phi) is 6.09. The van der Waals surface area contributed by atoms with Gasteiger partial charge < -0.3 is 19.4 Å². The maximum absolute atomic E-state index is 13.2. The zero-order chi connectivity index (χ0) is 21.8. The molecular weight excluding hydrogens is 392 g/mol. The standard InChI is InChI=1S/C25H28N2O4/c1-3-31-19-10-8-18(9-11-19)25(12-14-30-15-13-25)17-26-24(29)21-16-23(28)27(2)22-7-5-4-6-20(21)22/h4-11,16H,3,12-15,17H2,1-2H3,(H,26,29). The number of fused-ring (bicyclic) bond motifs is 1. The fraction of sp³-hybridized carbons (Fsp3) is 0.360. The van der Waals surface area contributed by atoms with Gasteiger partial charge in [-0.05, 0) is 43.5 Å². The highest BCUT2D eigenvalue weighted by Gasteiger charge is 2.35. The molecule has 4 rings (SSSR count). The van der Waals surface area contributed by atoms with Crippen LogP contribution >= 0.6 is 0 Å². The molecule has 0 aliphatic carbocycles. The predicted molar refractivity (Wildman–Crippen MR) is 121 cm³/mol. The lowest BCUT2D eigenvalue weighted by Gasteiger charge is -2.38. The minimum atomic E-state index is -0.231. The number of hydrogen-bond donors (Lipinski definition) is 1. The number of pyridine rings is 1. The maximum atomic E-state index is 13.2. The Bertz CT molecular complexity index is 1130. The van der Waals surface area contributed by atoms with Crippen molar-refractivity contribution in [2.75, 3.05) is 26.4 Å². The molecule has 0 radical (unpaired) electrons. The van der Waals surface area contributed by atoms with Gasteiger partial charge in [0.2, 0.25) is 0 Å². The second-order valence-corrected chi connectivity index (χ2v) is 8.01.